The van der Waals surface area contributed by atoms with Gasteiger partial charge in [-0.05, 0) is 89.9 Å². The summed E-state index contributed by atoms with van der Waals surface area (Å²) in [7, 11) is 0. The summed E-state index contributed by atoms with van der Waals surface area (Å²) < 4.78 is 0. The Hall–Kier alpha value is -0.730. The van der Waals surface area contributed by atoms with Crippen LogP contribution in [0.15, 0.2) is 0 Å². The van der Waals surface area contributed by atoms with Gasteiger partial charge in [0.2, 0.25) is 6.41 Å². The van der Waals surface area contributed by atoms with E-state index in [1.807, 2.05) is 4.90 Å². The molecule has 0 aliphatic carbocycles. The Balaban J connectivity index is 0.000000178. The Kier molecular flexibility index (Phi) is 12.1. The highest BCUT2D eigenvalue weighted by Crippen LogP contribution is 2.26. The van der Waals surface area contributed by atoms with E-state index < -0.39 is 6.10 Å². The minimum atomic E-state index is -0.566. The molecular formula is C22H44N4O3. The summed E-state index contributed by atoms with van der Waals surface area (Å²) in [6, 6.07) is 0.796. The van der Waals surface area contributed by atoms with E-state index in [4.69, 9.17) is 5.11 Å². The average molecular weight is 413 g/mol. The summed E-state index contributed by atoms with van der Waals surface area (Å²) in [6.07, 6.45) is 9.38. The van der Waals surface area contributed by atoms with Crippen LogP contribution in [0.4, 0.5) is 0 Å². The maximum Gasteiger partial charge on any atom is 0.209 e. The van der Waals surface area contributed by atoms with Crippen LogP contribution in [0, 0.1) is 11.8 Å². The molecule has 0 saturated carbocycles. The lowest BCUT2D eigenvalue weighted by atomic mass is 9.82. The molecule has 7 nitrogen and oxygen atoms in total. The molecule has 0 aromatic carbocycles. The van der Waals surface area contributed by atoms with Crippen molar-refractivity contribution in [1.29, 1.82) is 0 Å². The molecule has 170 valence electrons. The van der Waals surface area contributed by atoms with Gasteiger partial charge in [0.25, 0.3) is 0 Å². The van der Waals surface area contributed by atoms with Gasteiger partial charge in [-0.2, -0.15) is 0 Å². The fraction of sp³-hybridized carbons (Fsp3) is 0.955. The molecule has 3 atom stereocenters. The molecule has 0 radical (unpaired) electrons. The summed E-state index contributed by atoms with van der Waals surface area (Å²) in [5, 5.41) is 24.9. The van der Waals surface area contributed by atoms with Crippen molar-refractivity contribution in [3.05, 3.63) is 0 Å². The topological polar surface area (TPSA) is 88.1 Å². The minimum Gasteiger partial charge on any atom is -0.394 e. The predicted molar refractivity (Wildman–Crippen MR) is 117 cm³/mol. The molecule has 0 spiro atoms. The second kappa shape index (κ2) is 14.3. The summed E-state index contributed by atoms with van der Waals surface area (Å²) in [4.78, 5) is 14.2. The summed E-state index contributed by atoms with van der Waals surface area (Å²) in [5.74, 6) is 1.64. The molecule has 0 aromatic heterocycles. The van der Waals surface area contributed by atoms with Gasteiger partial charge < -0.3 is 30.6 Å². The highest BCUT2D eigenvalue weighted by atomic mass is 16.3. The largest absolute Gasteiger partial charge is 0.394 e. The van der Waals surface area contributed by atoms with Crippen molar-refractivity contribution in [3.63, 3.8) is 0 Å². The first-order valence-electron chi connectivity index (χ1n) is 11.8. The quantitative estimate of drug-likeness (QED) is 0.496. The standard InChI is InChI=1S/C11H22N2O2.C6H11NO.C5H11N/c14-8-11(15)7-13-3-1-2-9(6-13)10-4-12-5-10;8-6-7-4-2-1-3-5-7;1-5-3-2-4-6-5/h9-12,14-15H,1-8H2;6H,1-5H2;5-6H,2-4H2,1H3. The number of carbonyl (C=O) groups excluding carboxylic acids is 1. The van der Waals surface area contributed by atoms with E-state index in [9.17, 15) is 9.90 Å². The van der Waals surface area contributed by atoms with Gasteiger partial charge in [0.05, 0.1) is 12.7 Å². The van der Waals surface area contributed by atoms with Crippen molar-refractivity contribution in [2.24, 2.45) is 11.8 Å². The second-order valence-electron chi connectivity index (χ2n) is 9.12. The Morgan fingerprint density at radius 2 is 1.79 bits per heavy atom. The Labute approximate surface area is 177 Å². The number of rotatable bonds is 5. The average Bonchev–Trinajstić information content (AvgIpc) is 3.19. The van der Waals surface area contributed by atoms with Crippen molar-refractivity contribution in [2.45, 2.75) is 64.0 Å². The van der Waals surface area contributed by atoms with Crippen LogP contribution in [0.3, 0.4) is 0 Å². The van der Waals surface area contributed by atoms with Crippen LogP contribution in [-0.4, -0.2) is 97.5 Å². The van der Waals surface area contributed by atoms with Gasteiger partial charge in [-0.25, -0.2) is 0 Å². The van der Waals surface area contributed by atoms with Crippen molar-refractivity contribution >= 4 is 6.41 Å². The molecule has 4 N–H and O–H groups in total. The van der Waals surface area contributed by atoms with Gasteiger partial charge in [0, 0.05) is 32.2 Å². The zero-order chi connectivity index (χ0) is 20.9. The number of piperidine rings is 2. The zero-order valence-corrected chi connectivity index (χ0v) is 18.4. The third kappa shape index (κ3) is 9.75. The molecule has 4 saturated heterocycles. The molecule has 4 heterocycles. The van der Waals surface area contributed by atoms with Crippen molar-refractivity contribution in [3.8, 4) is 0 Å². The van der Waals surface area contributed by atoms with Crippen molar-refractivity contribution < 1.29 is 15.0 Å². The van der Waals surface area contributed by atoms with Crippen LogP contribution >= 0.6 is 0 Å². The number of aliphatic hydroxyl groups is 2. The van der Waals surface area contributed by atoms with E-state index in [0.29, 0.717) is 6.54 Å². The zero-order valence-electron chi connectivity index (χ0n) is 18.4. The van der Waals surface area contributed by atoms with E-state index in [-0.39, 0.29) is 6.61 Å². The van der Waals surface area contributed by atoms with E-state index in [0.717, 1.165) is 50.5 Å². The summed E-state index contributed by atoms with van der Waals surface area (Å²) in [6.45, 7) is 10.4. The van der Waals surface area contributed by atoms with E-state index in [2.05, 4.69) is 22.5 Å². The highest BCUT2D eigenvalue weighted by molar-refractivity contribution is 5.46. The normalized spacial score (nSPS) is 29.0. The molecule has 0 bridgehead atoms. The number of nitrogens with one attached hydrogen (secondary N) is 2. The van der Waals surface area contributed by atoms with E-state index in [1.54, 1.807) is 0 Å². The maximum atomic E-state index is 10.1. The fourth-order valence-electron chi connectivity index (χ4n) is 4.52. The molecule has 4 aliphatic heterocycles. The van der Waals surface area contributed by atoms with Gasteiger partial charge >= 0.3 is 0 Å². The molecule has 3 unspecified atom stereocenters. The van der Waals surface area contributed by atoms with Gasteiger partial charge in [-0.3, -0.25) is 4.79 Å². The van der Waals surface area contributed by atoms with E-state index in [1.165, 1.54) is 64.6 Å². The molecular weight excluding hydrogens is 368 g/mol. The number of amides is 1. The predicted octanol–water partition coefficient (Wildman–Crippen LogP) is 0.658. The molecule has 0 aromatic rings. The Bertz CT molecular complexity index is 424. The van der Waals surface area contributed by atoms with Crippen LogP contribution in [0.2, 0.25) is 0 Å². The van der Waals surface area contributed by atoms with Crippen LogP contribution in [-0.2, 0) is 4.79 Å². The number of carbonyl (C=O) groups is 1. The van der Waals surface area contributed by atoms with Crippen molar-refractivity contribution in [1.82, 2.24) is 20.4 Å². The lowest BCUT2D eigenvalue weighted by Crippen LogP contribution is -2.51. The Morgan fingerprint density at radius 3 is 2.24 bits per heavy atom. The maximum absolute atomic E-state index is 10.1. The Morgan fingerprint density at radius 1 is 1.03 bits per heavy atom. The number of nitrogens with zero attached hydrogens (tertiary/aromatic N) is 2. The second-order valence-corrected chi connectivity index (χ2v) is 9.12. The van der Waals surface area contributed by atoms with Crippen LogP contribution < -0.4 is 10.6 Å². The highest BCUT2D eigenvalue weighted by Gasteiger charge is 2.31. The first-order valence-corrected chi connectivity index (χ1v) is 11.8. The smallest absolute Gasteiger partial charge is 0.209 e. The fourth-order valence-corrected chi connectivity index (χ4v) is 4.52. The van der Waals surface area contributed by atoms with Gasteiger partial charge in [0.1, 0.15) is 0 Å². The van der Waals surface area contributed by atoms with E-state index >= 15 is 0 Å². The van der Waals surface area contributed by atoms with Gasteiger partial charge in [-0.15, -0.1) is 0 Å². The third-order valence-electron chi connectivity index (χ3n) is 6.55. The number of likely N-dealkylation sites (tertiary alicyclic amines) is 2. The van der Waals surface area contributed by atoms with Crippen LogP contribution in [0.1, 0.15) is 51.9 Å². The first-order chi connectivity index (χ1) is 14.1. The van der Waals surface area contributed by atoms with Crippen LogP contribution in [0.5, 0.6) is 0 Å². The lowest BCUT2D eigenvalue weighted by molar-refractivity contribution is -0.118. The SMILES string of the molecule is CC1CCCN1.O=CN1CCCCC1.OCC(O)CN1CCCC(C2CNC2)C1. The number of hydrogen-bond acceptors (Lipinski definition) is 6. The molecule has 4 fully saturated rings. The molecule has 1 amide bonds. The summed E-state index contributed by atoms with van der Waals surface area (Å²) in [5.41, 5.74) is 0. The first kappa shape index (κ1) is 24.5. The minimum absolute atomic E-state index is 0.119. The molecule has 7 heteroatoms. The summed E-state index contributed by atoms with van der Waals surface area (Å²) >= 11 is 0. The molecule has 4 aliphatic rings. The molecule has 29 heavy (non-hydrogen) atoms. The van der Waals surface area contributed by atoms with Crippen LogP contribution in [0.25, 0.3) is 0 Å². The lowest BCUT2D eigenvalue weighted by Gasteiger charge is -2.41. The number of aliphatic hydroxyl groups excluding tert-OH is 2. The van der Waals surface area contributed by atoms with Gasteiger partial charge in [0.15, 0.2) is 0 Å². The monoisotopic (exact) mass is 412 g/mol. The number of β-amino-alcohol motifs (C(OH)–C–C–N with tert-alkyl or cyclic N) is 1. The molecule has 4 rings (SSSR count). The third-order valence-corrected chi connectivity index (χ3v) is 6.55. The van der Waals surface area contributed by atoms with Gasteiger partial charge in [-0.1, -0.05) is 0 Å². The van der Waals surface area contributed by atoms with Crippen molar-refractivity contribution in [2.75, 3.05) is 59.0 Å². The number of hydrogen-bond donors (Lipinski definition) is 4.